The molecule has 0 aliphatic carbocycles. The molecule has 2 N–H and O–H groups in total. The van der Waals surface area contributed by atoms with E-state index >= 15 is 0 Å². The third kappa shape index (κ3) is 7.52. The molecule has 0 aliphatic rings. The number of carbonyl (C=O) groups is 3. The largest absolute Gasteiger partial charge is 0.444 e. The maximum atomic E-state index is 13.0. The van der Waals surface area contributed by atoms with Gasteiger partial charge in [-0.1, -0.05) is 67.1 Å². The summed E-state index contributed by atoms with van der Waals surface area (Å²) in [6, 6.07) is 19.4. The molecule has 1 unspecified atom stereocenters. The summed E-state index contributed by atoms with van der Waals surface area (Å²) in [4.78, 5) is 38.7. The molecule has 0 spiro atoms. The topological polar surface area (TPSA) is 87.7 Å². The van der Waals surface area contributed by atoms with Crippen LogP contribution in [0.5, 0.6) is 0 Å². The number of hydrogen-bond acceptors (Lipinski definition) is 4. The van der Waals surface area contributed by atoms with Crippen LogP contribution in [-0.2, 0) is 20.9 Å². The Labute approximate surface area is 182 Å². The van der Waals surface area contributed by atoms with Crippen LogP contribution in [0.1, 0.15) is 37.9 Å². The molecule has 31 heavy (non-hydrogen) atoms. The molecule has 2 aromatic carbocycles. The Bertz CT molecular complexity index is 931. The lowest BCUT2D eigenvalue weighted by molar-refractivity contribution is -0.136. The van der Waals surface area contributed by atoms with E-state index < -0.39 is 36.1 Å². The van der Waals surface area contributed by atoms with E-state index in [1.807, 2.05) is 30.3 Å². The third-order valence-corrected chi connectivity index (χ3v) is 4.12. The van der Waals surface area contributed by atoms with Crippen molar-refractivity contribution in [2.24, 2.45) is 0 Å². The molecule has 3 amide bonds. The van der Waals surface area contributed by atoms with Gasteiger partial charge in [0, 0.05) is 12.6 Å². The first-order valence-electron chi connectivity index (χ1n) is 9.83. The Kier molecular flexibility index (Phi) is 8.21. The van der Waals surface area contributed by atoms with Crippen molar-refractivity contribution in [2.45, 2.75) is 39.0 Å². The number of alkyl carbamates (subject to hydrolysis) is 1. The third-order valence-electron chi connectivity index (χ3n) is 4.12. The molecule has 2 aromatic rings. The summed E-state index contributed by atoms with van der Waals surface area (Å²) in [5, 5.41) is 5.20. The average molecular weight is 421 g/mol. The van der Waals surface area contributed by atoms with E-state index in [0.717, 1.165) is 10.5 Å². The number of terminal acetylenes is 1. The van der Waals surface area contributed by atoms with Crippen molar-refractivity contribution >= 4 is 17.9 Å². The van der Waals surface area contributed by atoms with Crippen LogP contribution < -0.4 is 10.6 Å². The Balaban J connectivity index is 2.15. The fourth-order valence-electron chi connectivity index (χ4n) is 2.77. The zero-order valence-electron chi connectivity index (χ0n) is 17.9. The average Bonchev–Trinajstić information content (AvgIpc) is 2.74. The number of rotatable bonds is 7. The highest BCUT2D eigenvalue weighted by Gasteiger charge is 2.31. The van der Waals surface area contributed by atoms with Crippen LogP contribution >= 0.6 is 0 Å². The fraction of sp³-hybridized carbons (Fsp3) is 0.292. The summed E-state index contributed by atoms with van der Waals surface area (Å²) in [5.41, 5.74) is 0.757. The van der Waals surface area contributed by atoms with Crippen LogP contribution in [-0.4, -0.2) is 35.0 Å². The minimum atomic E-state index is -1.05. The molecule has 0 fully saturated rings. The quantitative estimate of drug-likeness (QED) is 0.531. The molecule has 2 rings (SSSR count). The number of hydrogen-bond donors (Lipinski definition) is 2. The van der Waals surface area contributed by atoms with Gasteiger partial charge in [0.1, 0.15) is 18.2 Å². The Hall–Kier alpha value is -3.79. The first-order chi connectivity index (χ1) is 14.7. The van der Waals surface area contributed by atoms with Crippen LogP contribution in [0.2, 0.25) is 0 Å². The second-order valence-electron chi connectivity index (χ2n) is 7.76. The normalized spacial score (nSPS) is 11.5. The summed E-state index contributed by atoms with van der Waals surface area (Å²) >= 11 is 0. The summed E-state index contributed by atoms with van der Waals surface area (Å²) in [6.45, 7) is 5.01. The van der Waals surface area contributed by atoms with Crippen molar-refractivity contribution < 1.29 is 19.1 Å². The fourth-order valence-corrected chi connectivity index (χ4v) is 2.77. The predicted molar refractivity (Wildman–Crippen MR) is 117 cm³/mol. The van der Waals surface area contributed by atoms with Crippen LogP contribution in [0, 0.1) is 12.5 Å². The lowest BCUT2D eigenvalue weighted by atomic mass is 10.0. The van der Waals surface area contributed by atoms with Gasteiger partial charge in [0.2, 0.25) is 5.91 Å². The Morgan fingerprint density at radius 2 is 1.58 bits per heavy atom. The van der Waals surface area contributed by atoms with Gasteiger partial charge in [-0.25, -0.2) is 4.79 Å². The minimum absolute atomic E-state index is 0.283. The summed E-state index contributed by atoms with van der Waals surface area (Å²) in [5.74, 6) is -1.05. The SMILES string of the molecule is C#CN(C(=O)CNC(=O)OC(C)(C)C)C(C(=O)NCc1ccccc1)c1ccccc1. The highest BCUT2D eigenvalue weighted by atomic mass is 16.6. The van der Waals surface area contributed by atoms with Gasteiger partial charge in [0.25, 0.3) is 5.91 Å². The molecule has 0 saturated heterocycles. The summed E-state index contributed by atoms with van der Waals surface area (Å²) in [7, 11) is 0. The first kappa shape index (κ1) is 23.5. The molecule has 162 valence electrons. The first-order valence-corrected chi connectivity index (χ1v) is 9.83. The Morgan fingerprint density at radius 1 is 1.00 bits per heavy atom. The van der Waals surface area contributed by atoms with Gasteiger partial charge in [-0.3, -0.25) is 14.5 Å². The van der Waals surface area contributed by atoms with Gasteiger partial charge in [-0.2, -0.15) is 0 Å². The van der Waals surface area contributed by atoms with Gasteiger partial charge in [-0.15, -0.1) is 0 Å². The van der Waals surface area contributed by atoms with Gasteiger partial charge in [-0.05, 0) is 31.9 Å². The maximum Gasteiger partial charge on any atom is 0.408 e. The zero-order chi connectivity index (χ0) is 22.9. The van der Waals surface area contributed by atoms with E-state index in [9.17, 15) is 14.4 Å². The molecule has 0 bridgehead atoms. The van der Waals surface area contributed by atoms with Gasteiger partial charge in [0.15, 0.2) is 0 Å². The molecule has 7 nitrogen and oxygen atoms in total. The molecule has 0 radical (unpaired) electrons. The minimum Gasteiger partial charge on any atom is -0.444 e. The summed E-state index contributed by atoms with van der Waals surface area (Å²) < 4.78 is 5.13. The van der Waals surface area contributed by atoms with Crippen LogP contribution in [0.15, 0.2) is 60.7 Å². The smallest absolute Gasteiger partial charge is 0.408 e. The molecular formula is C24H27N3O4. The van der Waals surface area contributed by atoms with Crippen molar-refractivity contribution in [1.82, 2.24) is 15.5 Å². The number of ether oxygens (including phenoxy) is 1. The van der Waals surface area contributed by atoms with Crippen LogP contribution in [0.25, 0.3) is 0 Å². The highest BCUT2D eigenvalue weighted by molar-refractivity contribution is 5.91. The second-order valence-corrected chi connectivity index (χ2v) is 7.76. The maximum absolute atomic E-state index is 13.0. The van der Waals surface area contributed by atoms with Crippen molar-refractivity contribution in [3.05, 3.63) is 71.8 Å². The molecular weight excluding hydrogens is 394 g/mol. The van der Waals surface area contributed by atoms with Crippen molar-refractivity contribution in [3.8, 4) is 12.5 Å². The van der Waals surface area contributed by atoms with E-state index in [1.165, 1.54) is 0 Å². The van der Waals surface area contributed by atoms with Gasteiger partial charge < -0.3 is 15.4 Å². The molecule has 0 heterocycles. The Morgan fingerprint density at radius 3 is 2.13 bits per heavy atom. The highest BCUT2D eigenvalue weighted by Crippen LogP contribution is 2.21. The van der Waals surface area contributed by atoms with E-state index in [2.05, 4.69) is 16.7 Å². The van der Waals surface area contributed by atoms with Crippen molar-refractivity contribution in [1.29, 1.82) is 0 Å². The monoisotopic (exact) mass is 421 g/mol. The molecule has 0 aliphatic heterocycles. The van der Waals surface area contributed by atoms with E-state index in [1.54, 1.807) is 51.1 Å². The lowest BCUT2D eigenvalue weighted by Crippen LogP contribution is -2.45. The zero-order valence-corrected chi connectivity index (χ0v) is 17.9. The number of nitrogens with zero attached hydrogens (tertiary/aromatic N) is 1. The van der Waals surface area contributed by atoms with Crippen LogP contribution in [0.3, 0.4) is 0 Å². The lowest BCUT2D eigenvalue weighted by Gasteiger charge is -2.27. The number of nitrogens with one attached hydrogen (secondary N) is 2. The van der Waals surface area contributed by atoms with E-state index in [-0.39, 0.29) is 6.54 Å². The van der Waals surface area contributed by atoms with E-state index in [0.29, 0.717) is 5.56 Å². The van der Waals surface area contributed by atoms with Crippen molar-refractivity contribution in [2.75, 3.05) is 6.54 Å². The standard InChI is InChI=1S/C24H27N3O4/c1-5-27(20(28)17-26-23(30)31-24(2,3)4)21(19-14-10-7-11-15-19)22(29)25-16-18-12-8-6-9-13-18/h1,6-15,21H,16-17H2,2-4H3,(H,25,29)(H,26,30). The molecule has 0 saturated carbocycles. The van der Waals surface area contributed by atoms with Gasteiger partial charge >= 0.3 is 6.09 Å². The van der Waals surface area contributed by atoms with Crippen molar-refractivity contribution in [3.63, 3.8) is 0 Å². The number of amides is 3. The molecule has 0 aromatic heterocycles. The second kappa shape index (κ2) is 10.8. The number of carbonyl (C=O) groups excluding carboxylic acids is 3. The van der Waals surface area contributed by atoms with Crippen LogP contribution in [0.4, 0.5) is 4.79 Å². The van der Waals surface area contributed by atoms with Gasteiger partial charge in [0.05, 0.1) is 0 Å². The molecule has 7 heteroatoms. The number of benzene rings is 2. The molecule has 1 atom stereocenters. The van der Waals surface area contributed by atoms with E-state index in [4.69, 9.17) is 11.2 Å². The predicted octanol–water partition coefficient (Wildman–Crippen LogP) is 2.99. The summed E-state index contributed by atoms with van der Waals surface area (Å²) in [6.07, 6.45) is 4.85.